The third kappa shape index (κ3) is 5.26. The van der Waals surface area contributed by atoms with Crippen molar-refractivity contribution >= 4 is 23.3 Å². The maximum Gasteiger partial charge on any atom is 0.266 e. The maximum atomic E-state index is 12.5. The summed E-state index contributed by atoms with van der Waals surface area (Å²) in [4.78, 5) is 33.6. The largest absolute Gasteiger partial charge is 0.353 e. The first-order valence-corrected chi connectivity index (χ1v) is 11.5. The molecule has 0 aliphatic heterocycles. The van der Waals surface area contributed by atoms with E-state index >= 15 is 0 Å². The van der Waals surface area contributed by atoms with Gasteiger partial charge < -0.3 is 5.32 Å². The number of hydrogen-bond acceptors (Lipinski definition) is 5. The average molecular weight is 448 g/mol. The Balaban J connectivity index is 1.44. The number of benzene rings is 2. The molecule has 1 amide bonds. The van der Waals surface area contributed by atoms with Crippen LogP contribution in [0.15, 0.2) is 70.6 Å². The zero-order valence-electron chi connectivity index (χ0n) is 18.0. The third-order valence-corrected chi connectivity index (χ3v) is 6.10. The molecule has 0 radical (unpaired) electrons. The van der Waals surface area contributed by atoms with Crippen LogP contribution in [0.2, 0.25) is 0 Å². The fraction of sp³-hybridized carbons (Fsp3) is 0.250. The van der Waals surface area contributed by atoms with Crippen molar-refractivity contribution < 1.29 is 4.79 Å². The Morgan fingerprint density at radius 2 is 1.88 bits per heavy atom. The van der Waals surface area contributed by atoms with Gasteiger partial charge in [-0.1, -0.05) is 66.4 Å². The van der Waals surface area contributed by atoms with Gasteiger partial charge in [-0.15, -0.1) is 0 Å². The molecule has 7 nitrogen and oxygen atoms in total. The Morgan fingerprint density at radius 3 is 2.66 bits per heavy atom. The first kappa shape index (κ1) is 21.8. The number of aromatic nitrogens is 4. The third-order valence-electron chi connectivity index (χ3n) is 5.16. The van der Waals surface area contributed by atoms with Crippen molar-refractivity contribution in [2.24, 2.45) is 0 Å². The molecule has 4 rings (SSSR count). The number of carbonyl (C=O) groups excluding carboxylic acids is 1. The Bertz CT molecular complexity index is 1280. The topological polar surface area (TPSA) is 92.2 Å². The second-order valence-corrected chi connectivity index (χ2v) is 8.68. The van der Waals surface area contributed by atoms with E-state index in [1.807, 2.05) is 56.3 Å². The molecule has 2 N–H and O–H groups in total. The summed E-state index contributed by atoms with van der Waals surface area (Å²) >= 11 is 1.27. The summed E-state index contributed by atoms with van der Waals surface area (Å²) in [5.74, 6) is 0.644. The normalized spacial score (nSPS) is 12.1. The van der Waals surface area contributed by atoms with Crippen LogP contribution in [-0.4, -0.2) is 37.3 Å². The molecule has 2 heterocycles. The number of thioether (sulfide) groups is 1. The Hall–Kier alpha value is -3.39. The first-order valence-electron chi connectivity index (χ1n) is 10.5. The predicted molar refractivity (Wildman–Crippen MR) is 127 cm³/mol. The zero-order chi connectivity index (χ0) is 22.5. The highest BCUT2D eigenvalue weighted by molar-refractivity contribution is 7.99. The molecule has 1 unspecified atom stereocenters. The van der Waals surface area contributed by atoms with Crippen LogP contribution in [-0.2, 0) is 11.2 Å². The van der Waals surface area contributed by atoms with E-state index in [1.54, 1.807) is 0 Å². The number of nitrogens with zero attached hydrogens (tertiary/aromatic N) is 3. The Kier molecular flexibility index (Phi) is 6.70. The molecule has 0 aliphatic carbocycles. The Morgan fingerprint density at radius 1 is 1.12 bits per heavy atom. The Labute approximate surface area is 190 Å². The van der Waals surface area contributed by atoms with E-state index in [1.165, 1.54) is 27.9 Å². The summed E-state index contributed by atoms with van der Waals surface area (Å²) in [5, 5.41) is 6.27. The van der Waals surface area contributed by atoms with Crippen molar-refractivity contribution in [1.82, 2.24) is 24.9 Å². The van der Waals surface area contributed by atoms with Crippen LogP contribution in [0.1, 0.15) is 24.5 Å². The minimum Gasteiger partial charge on any atom is -0.353 e. The van der Waals surface area contributed by atoms with E-state index in [-0.39, 0.29) is 23.3 Å². The lowest BCUT2D eigenvalue weighted by Gasteiger charge is -2.14. The van der Waals surface area contributed by atoms with E-state index < -0.39 is 0 Å². The standard InChI is InChI=1S/C24H25N5O2S/c1-16-8-6-7-11-19(16)23-26-20-14-21(30)28-29(20)24(27-23)32-15-22(31)25-17(2)12-13-18-9-4-3-5-10-18/h3-11,14,17H,12-13,15H2,1-2H3,(H,25,31)(H,28,30). The number of aromatic amines is 1. The molecule has 0 bridgehead atoms. The summed E-state index contributed by atoms with van der Waals surface area (Å²) in [6, 6.07) is 19.5. The van der Waals surface area contributed by atoms with Gasteiger partial charge in [-0.3, -0.25) is 14.7 Å². The molecule has 2 aromatic heterocycles. The van der Waals surface area contributed by atoms with Gasteiger partial charge in [-0.05, 0) is 37.8 Å². The molecule has 2 aromatic carbocycles. The van der Waals surface area contributed by atoms with Crippen LogP contribution in [0.3, 0.4) is 0 Å². The van der Waals surface area contributed by atoms with Crippen molar-refractivity contribution in [3.8, 4) is 11.4 Å². The van der Waals surface area contributed by atoms with Gasteiger partial charge in [0.25, 0.3) is 5.56 Å². The first-order chi connectivity index (χ1) is 15.5. The van der Waals surface area contributed by atoms with Crippen molar-refractivity contribution in [1.29, 1.82) is 0 Å². The number of aryl methyl sites for hydroxylation is 2. The van der Waals surface area contributed by atoms with Crippen molar-refractivity contribution in [3.63, 3.8) is 0 Å². The van der Waals surface area contributed by atoms with Gasteiger partial charge in [0.15, 0.2) is 16.6 Å². The molecule has 164 valence electrons. The molecular weight excluding hydrogens is 422 g/mol. The SMILES string of the molecule is Cc1ccccc1-c1nc(SCC(=O)NC(C)CCc2ccccc2)n2[nH]c(=O)cc2n1. The minimum absolute atomic E-state index is 0.0580. The molecule has 1 atom stereocenters. The summed E-state index contributed by atoms with van der Waals surface area (Å²) in [6.07, 6.45) is 1.77. The molecule has 0 spiro atoms. The summed E-state index contributed by atoms with van der Waals surface area (Å²) in [5.41, 5.74) is 3.40. The molecule has 0 saturated heterocycles. The second-order valence-electron chi connectivity index (χ2n) is 7.74. The monoisotopic (exact) mass is 447 g/mol. The quantitative estimate of drug-likeness (QED) is 0.403. The van der Waals surface area contributed by atoms with Gasteiger partial charge >= 0.3 is 0 Å². The number of fused-ring (bicyclic) bond motifs is 1. The van der Waals surface area contributed by atoms with Gasteiger partial charge in [-0.2, -0.15) is 0 Å². The highest BCUT2D eigenvalue weighted by Gasteiger charge is 2.15. The number of hydrogen-bond donors (Lipinski definition) is 2. The lowest BCUT2D eigenvalue weighted by Crippen LogP contribution is -2.34. The lowest BCUT2D eigenvalue weighted by atomic mass is 10.1. The highest BCUT2D eigenvalue weighted by Crippen LogP contribution is 2.23. The number of amides is 1. The van der Waals surface area contributed by atoms with Crippen LogP contribution in [0.25, 0.3) is 17.0 Å². The van der Waals surface area contributed by atoms with Gasteiger partial charge in [-0.25, -0.2) is 14.5 Å². The summed E-state index contributed by atoms with van der Waals surface area (Å²) in [7, 11) is 0. The number of carbonyl (C=O) groups is 1. The predicted octanol–water partition coefficient (Wildman–Crippen LogP) is 3.62. The van der Waals surface area contributed by atoms with Crippen LogP contribution in [0, 0.1) is 6.92 Å². The van der Waals surface area contributed by atoms with E-state index in [4.69, 9.17) is 0 Å². The molecule has 4 aromatic rings. The van der Waals surface area contributed by atoms with Crippen LogP contribution in [0.4, 0.5) is 0 Å². The van der Waals surface area contributed by atoms with E-state index in [9.17, 15) is 9.59 Å². The highest BCUT2D eigenvalue weighted by atomic mass is 32.2. The van der Waals surface area contributed by atoms with Crippen LogP contribution < -0.4 is 10.9 Å². The summed E-state index contributed by atoms with van der Waals surface area (Å²) < 4.78 is 1.53. The fourth-order valence-corrected chi connectivity index (χ4v) is 4.23. The molecular formula is C24H25N5O2S. The molecule has 0 saturated carbocycles. The fourth-order valence-electron chi connectivity index (χ4n) is 3.47. The molecule has 32 heavy (non-hydrogen) atoms. The van der Waals surface area contributed by atoms with Gasteiger partial charge in [0.2, 0.25) is 5.91 Å². The van der Waals surface area contributed by atoms with Crippen molar-refractivity contribution in [2.45, 2.75) is 37.9 Å². The second kappa shape index (κ2) is 9.82. The smallest absolute Gasteiger partial charge is 0.266 e. The van der Waals surface area contributed by atoms with Gasteiger partial charge in [0.1, 0.15) is 0 Å². The molecule has 0 fully saturated rings. The van der Waals surface area contributed by atoms with Crippen molar-refractivity contribution in [3.05, 3.63) is 82.1 Å². The number of H-pyrrole nitrogens is 1. The van der Waals surface area contributed by atoms with Crippen molar-refractivity contribution in [2.75, 3.05) is 5.75 Å². The van der Waals surface area contributed by atoms with Gasteiger partial charge in [0, 0.05) is 17.7 Å². The molecule has 8 heteroatoms. The molecule has 0 aliphatic rings. The van der Waals surface area contributed by atoms with E-state index in [2.05, 4.69) is 32.5 Å². The van der Waals surface area contributed by atoms with E-state index in [0.717, 1.165) is 24.0 Å². The maximum absolute atomic E-state index is 12.5. The number of nitrogens with one attached hydrogen (secondary N) is 2. The zero-order valence-corrected chi connectivity index (χ0v) is 18.9. The van der Waals surface area contributed by atoms with E-state index in [0.29, 0.717) is 16.6 Å². The van der Waals surface area contributed by atoms with Crippen LogP contribution in [0.5, 0.6) is 0 Å². The number of rotatable bonds is 8. The van der Waals surface area contributed by atoms with Gasteiger partial charge in [0.05, 0.1) is 5.75 Å². The average Bonchev–Trinajstić information content (AvgIpc) is 3.17. The minimum atomic E-state index is -0.262. The lowest BCUT2D eigenvalue weighted by molar-refractivity contribution is -0.119. The van der Waals surface area contributed by atoms with Crippen LogP contribution >= 0.6 is 11.8 Å². The summed E-state index contributed by atoms with van der Waals surface area (Å²) in [6.45, 7) is 4.00.